The van der Waals surface area contributed by atoms with Gasteiger partial charge in [-0.3, -0.25) is 4.79 Å². The van der Waals surface area contributed by atoms with Gasteiger partial charge in [-0.25, -0.2) is 15.0 Å². The third kappa shape index (κ3) is 3.89. The number of amides is 1. The Morgan fingerprint density at radius 2 is 2.00 bits per heavy atom. The summed E-state index contributed by atoms with van der Waals surface area (Å²) in [6, 6.07) is 6.88. The predicted octanol–water partition coefficient (Wildman–Crippen LogP) is 3.63. The van der Waals surface area contributed by atoms with Gasteiger partial charge in [0.15, 0.2) is 5.82 Å². The molecule has 3 aromatic rings. The number of hydrogen-bond donors (Lipinski definition) is 0. The third-order valence-electron chi connectivity index (χ3n) is 4.86. The molecule has 1 unspecified atom stereocenters. The van der Waals surface area contributed by atoms with Crippen LogP contribution < -0.4 is 0 Å². The number of rotatable bonds is 6. The Balaban J connectivity index is 1.68. The highest BCUT2D eigenvalue weighted by molar-refractivity contribution is 6.31. The van der Waals surface area contributed by atoms with Gasteiger partial charge >= 0.3 is 0 Å². The van der Waals surface area contributed by atoms with Crippen molar-refractivity contribution in [3.63, 3.8) is 0 Å². The van der Waals surface area contributed by atoms with Crippen molar-refractivity contribution in [3.05, 3.63) is 65.0 Å². The van der Waals surface area contributed by atoms with Crippen molar-refractivity contribution in [2.45, 2.75) is 32.7 Å². The normalized spacial score (nSPS) is 14.7. The first kappa shape index (κ1) is 18.6. The first-order valence-electron chi connectivity index (χ1n) is 9.28. The second kappa shape index (κ2) is 7.67. The van der Waals surface area contributed by atoms with Crippen LogP contribution in [-0.4, -0.2) is 42.1 Å². The number of aryl methyl sites for hydroxylation is 1. The molecule has 2 aromatic heterocycles. The SMILES string of the molecule is Cc1cc(Cl)cc(C(=O)N(CC2CC2)C(C)c2ncnn2-c2ncccn2)c1. The van der Waals surface area contributed by atoms with Gasteiger partial charge in [0.1, 0.15) is 6.33 Å². The molecule has 0 N–H and O–H groups in total. The van der Waals surface area contributed by atoms with Gasteiger partial charge in [0.25, 0.3) is 11.9 Å². The summed E-state index contributed by atoms with van der Waals surface area (Å²) in [5.74, 6) is 1.52. The van der Waals surface area contributed by atoms with Crippen LogP contribution in [0.2, 0.25) is 5.02 Å². The Hall–Kier alpha value is -2.80. The van der Waals surface area contributed by atoms with E-state index >= 15 is 0 Å². The van der Waals surface area contributed by atoms with Crippen LogP contribution in [0.4, 0.5) is 0 Å². The zero-order valence-corrected chi connectivity index (χ0v) is 16.5. The third-order valence-corrected chi connectivity index (χ3v) is 5.08. The van der Waals surface area contributed by atoms with Gasteiger partial charge in [-0.2, -0.15) is 9.78 Å². The molecule has 0 bridgehead atoms. The molecule has 144 valence electrons. The maximum Gasteiger partial charge on any atom is 0.254 e. The van der Waals surface area contributed by atoms with Gasteiger partial charge in [0.2, 0.25) is 0 Å². The zero-order valence-electron chi connectivity index (χ0n) is 15.8. The molecule has 0 radical (unpaired) electrons. The van der Waals surface area contributed by atoms with Crippen LogP contribution in [-0.2, 0) is 0 Å². The van der Waals surface area contributed by atoms with Gasteiger partial charge in [-0.15, -0.1) is 0 Å². The molecule has 0 spiro atoms. The molecule has 8 heteroatoms. The largest absolute Gasteiger partial charge is 0.328 e. The van der Waals surface area contributed by atoms with E-state index in [2.05, 4.69) is 20.1 Å². The molecule has 1 amide bonds. The van der Waals surface area contributed by atoms with Crippen molar-refractivity contribution >= 4 is 17.5 Å². The van der Waals surface area contributed by atoms with E-state index < -0.39 is 0 Å². The number of halogens is 1. The molecule has 1 aliphatic carbocycles. The Kier molecular flexibility index (Phi) is 5.09. The number of benzene rings is 1. The smallest absolute Gasteiger partial charge is 0.254 e. The Morgan fingerprint density at radius 3 is 2.68 bits per heavy atom. The van der Waals surface area contributed by atoms with Crippen molar-refractivity contribution < 1.29 is 4.79 Å². The Morgan fingerprint density at radius 1 is 1.25 bits per heavy atom. The summed E-state index contributed by atoms with van der Waals surface area (Å²) in [5.41, 5.74) is 1.54. The van der Waals surface area contributed by atoms with Gasteiger partial charge < -0.3 is 4.90 Å². The lowest BCUT2D eigenvalue weighted by Gasteiger charge is -2.29. The van der Waals surface area contributed by atoms with E-state index in [4.69, 9.17) is 11.6 Å². The maximum atomic E-state index is 13.4. The van der Waals surface area contributed by atoms with Gasteiger partial charge in [-0.05, 0) is 62.4 Å². The van der Waals surface area contributed by atoms with E-state index in [0.29, 0.717) is 34.8 Å². The van der Waals surface area contributed by atoms with Crippen LogP contribution in [0.5, 0.6) is 0 Å². The first-order chi connectivity index (χ1) is 13.5. The second-order valence-electron chi connectivity index (χ2n) is 7.17. The molecule has 1 fully saturated rings. The monoisotopic (exact) mass is 396 g/mol. The minimum atomic E-state index is -0.293. The van der Waals surface area contributed by atoms with Crippen LogP contribution in [0.3, 0.4) is 0 Å². The number of aromatic nitrogens is 5. The lowest BCUT2D eigenvalue weighted by molar-refractivity contribution is 0.0670. The number of carbonyl (C=O) groups excluding carboxylic acids is 1. The van der Waals surface area contributed by atoms with E-state index in [1.54, 1.807) is 29.2 Å². The van der Waals surface area contributed by atoms with Crippen LogP contribution in [0.1, 0.15) is 47.6 Å². The Labute approximate surface area is 168 Å². The quantitative estimate of drug-likeness (QED) is 0.635. The highest BCUT2D eigenvalue weighted by atomic mass is 35.5. The summed E-state index contributed by atoms with van der Waals surface area (Å²) in [6.07, 6.45) is 7.05. The van der Waals surface area contributed by atoms with Crippen molar-refractivity contribution in [1.82, 2.24) is 29.6 Å². The van der Waals surface area contributed by atoms with Gasteiger partial charge in [0.05, 0.1) is 6.04 Å². The zero-order chi connectivity index (χ0) is 19.7. The molecule has 2 heterocycles. The fourth-order valence-corrected chi connectivity index (χ4v) is 3.54. The fraction of sp³-hybridized carbons (Fsp3) is 0.350. The molecule has 1 saturated carbocycles. The summed E-state index contributed by atoms with van der Waals surface area (Å²) in [4.78, 5) is 28.1. The van der Waals surface area contributed by atoms with Crippen LogP contribution in [0, 0.1) is 12.8 Å². The number of nitrogens with zero attached hydrogens (tertiary/aromatic N) is 6. The van der Waals surface area contributed by atoms with E-state index in [1.165, 1.54) is 6.33 Å². The van der Waals surface area contributed by atoms with Crippen LogP contribution in [0.15, 0.2) is 43.0 Å². The van der Waals surface area contributed by atoms with E-state index in [-0.39, 0.29) is 11.9 Å². The van der Waals surface area contributed by atoms with E-state index in [0.717, 1.165) is 18.4 Å². The maximum absolute atomic E-state index is 13.4. The molecule has 28 heavy (non-hydrogen) atoms. The average Bonchev–Trinajstić information content (AvgIpc) is 3.37. The minimum Gasteiger partial charge on any atom is -0.328 e. The predicted molar refractivity (Wildman–Crippen MR) is 105 cm³/mol. The molecule has 1 aliphatic rings. The topological polar surface area (TPSA) is 76.8 Å². The Bertz CT molecular complexity index is 965. The fourth-order valence-electron chi connectivity index (χ4n) is 3.25. The average molecular weight is 397 g/mol. The van der Waals surface area contributed by atoms with Crippen LogP contribution in [0.25, 0.3) is 5.95 Å². The second-order valence-corrected chi connectivity index (χ2v) is 7.61. The summed E-state index contributed by atoms with van der Waals surface area (Å²) < 4.78 is 1.58. The molecular weight excluding hydrogens is 376 g/mol. The number of carbonyl (C=O) groups is 1. The van der Waals surface area contributed by atoms with Gasteiger partial charge in [-0.1, -0.05) is 11.6 Å². The molecule has 0 aliphatic heterocycles. The molecule has 0 saturated heterocycles. The summed E-state index contributed by atoms with van der Waals surface area (Å²) in [5, 5.41) is 4.83. The molecule has 1 atom stereocenters. The standard InChI is InChI=1S/C20H21ClN6O/c1-13-8-16(10-17(21)9-13)19(28)26(11-15-4-5-15)14(2)18-24-12-25-27(18)20-22-6-3-7-23-20/h3,6-10,12,14-15H,4-5,11H2,1-2H3. The highest BCUT2D eigenvalue weighted by Gasteiger charge is 2.33. The molecule has 4 rings (SSSR count). The van der Waals surface area contributed by atoms with Crippen molar-refractivity contribution in [2.24, 2.45) is 5.92 Å². The summed E-state index contributed by atoms with van der Waals surface area (Å²) >= 11 is 6.19. The summed E-state index contributed by atoms with van der Waals surface area (Å²) in [7, 11) is 0. The summed E-state index contributed by atoms with van der Waals surface area (Å²) in [6.45, 7) is 4.57. The first-order valence-corrected chi connectivity index (χ1v) is 9.66. The van der Waals surface area contributed by atoms with Crippen molar-refractivity contribution in [2.75, 3.05) is 6.54 Å². The molecule has 1 aromatic carbocycles. The van der Waals surface area contributed by atoms with Crippen LogP contribution >= 0.6 is 11.6 Å². The lowest BCUT2D eigenvalue weighted by atomic mass is 10.1. The molecular formula is C20H21ClN6O. The van der Waals surface area contributed by atoms with Gasteiger partial charge in [0, 0.05) is 29.5 Å². The minimum absolute atomic E-state index is 0.0615. The van der Waals surface area contributed by atoms with Crippen molar-refractivity contribution in [3.8, 4) is 5.95 Å². The molecule has 7 nitrogen and oxygen atoms in total. The van der Waals surface area contributed by atoms with Crippen molar-refractivity contribution in [1.29, 1.82) is 0 Å². The number of hydrogen-bond acceptors (Lipinski definition) is 5. The lowest BCUT2D eigenvalue weighted by Crippen LogP contribution is -2.36. The van der Waals surface area contributed by atoms with E-state index in [9.17, 15) is 4.79 Å². The van der Waals surface area contributed by atoms with E-state index in [1.807, 2.05) is 30.9 Å². The highest BCUT2D eigenvalue weighted by Crippen LogP contribution is 2.33.